The van der Waals surface area contributed by atoms with Crippen molar-refractivity contribution in [2.75, 3.05) is 0 Å². The van der Waals surface area contributed by atoms with E-state index in [9.17, 15) is 9.90 Å². The number of phenolic OH excluding ortho intramolecular Hbond substituents is 1. The number of hydrogen-bond acceptors (Lipinski definition) is 2. The molecular formula is C19H24O2. The zero-order valence-electron chi connectivity index (χ0n) is 13.2. The van der Waals surface area contributed by atoms with Crippen molar-refractivity contribution in [3.8, 4) is 5.75 Å². The van der Waals surface area contributed by atoms with Crippen LogP contribution in [0.1, 0.15) is 56.2 Å². The van der Waals surface area contributed by atoms with Crippen molar-refractivity contribution in [3.05, 3.63) is 34.4 Å². The van der Waals surface area contributed by atoms with E-state index in [2.05, 4.69) is 6.92 Å². The number of carbonyl (C=O) groups is 1. The van der Waals surface area contributed by atoms with Gasteiger partial charge in [-0.15, -0.1) is 0 Å². The van der Waals surface area contributed by atoms with Gasteiger partial charge in [0.1, 0.15) is 5.75 Å². The molecule has 1 N–H and O–H groups in total. The molecule has 2 unspecified atom stereocenters. The lowest BCUT2D eigenvalue weighted by Gasteiger charge is -2.30. The van der Waals surface area contributed by atoms with Gasteiger partial charge in [0, 0.05) is 6.42 Å². The number of rotatable bonds is 3. The second-order valence-corrected chi connectivity index (χ2v) is 6.61. The van der Waals surface area contributed by atoms with Crippen molar-refractivity contribution in [1.82, 2.24) is 0 Å². The highest BCUT2D eigenvalue weighted by Crippen LogP contribution is 2.50. The molecule has 1 aromatic carbocycles. The van der Waals surface area contributed by atoms with Gasteiger partial charge in [-0.25, -0.2) is 0 Å². The van der Waals surface area contributed by atoms with E-state index in [0.29, 0.717) is 29.8 Å². The summed E-state index contributed by atoms with van der Waals surface area (Å²) in [7, 11) is 0. The summed E-state index contributed by atoms with van der Waals surface area (Å²) in [6.45, 7) is 6.18. The highest BCUT2D eigenvalue weighted by molar-refractivity contribution is 6.05. The van der Waals surface area contributed by atoms with Crippen LogP contribution in [0, 0.1) is 18.8 Å². The minimum absolute atomic E-state index is 0.320. The van der Waals surface area contributed by atoms with Crippen molar-refractivity contribution >= 4 is 11.4 Å². The molecule has 0 saturated heterocycles. The van der Waals surface area contributed by atoms with Gasteiger partial charge in [-0.3, -0.25) is 4.79 Å². The molecule has 0 saturated carbocycles. The second kappa shape index (κ2) is 5.32. The van der Waals surface area contributed by atoms with Gasteiger partial charge in [0.05, 0.1) is 0 Å². The van der Waals surface area contributed by atoms with Crippen LogP contribution in [-0.4, -0.2) is 10.9 Å². The Kier molecular flexibility index (Phi) is 3.64. The molecule has 2 nitrogen and oxygen atoms in total. The summed E-state index contributed by atoms with van der Waals surface area (Å²) >= 11 is 0. The maximum Gasteiger partial charge on any atom is 0.159 e. The van der Waals surface area contributed by atoms with Crippen LogP contribution in [0.25, 0.3) is 5.57 Å². The van der Waals surface area contributed by atoms with Crippen molar-refractivity contribution < 1.29 is 9.90 Å². The molecule has 0 radical (unpaired) electrons. The number of aromatic hydroxyl groups is 1. The number of carbonyl (C=O) groups excluding carboxylic acids is 1. The average molecular weight is 284 g/mol. The lowest BCUT2D eigenvalue weighted by Crippen LogP contribution is -2.25. The Bertz CT molecular complexity index is 625. The summed E-state index contributed by atoms with van der Waals surface area (Å²) in [4.78, 5) is 12.4. The zero-order chi connectivity index (χ0) is 15.1. The lowest BCUT2D eigenvalue weighted by atomic mass is 9.73. The van der Waals surface area contributed by atoms with Crippen molar-refractivity contribution in [2.45, 2.75) is 52.9 Å². The molecule has 0 bridgehead atoms. The highest BCUT2D eigenvalue weighted by atomic mass is 16.3. The van der Waals surface area contributed by atoms with Crippen LogP contribution in [-0.2, 0) is 11.2 Å². The number of fused-ring (bicyclic) bond motifs is 3. The van der Waals surface area contributed by atoms with Crippen molar-refractivity contribution in [1.29, 1.82) is 0 Å². The Labute approximate surface area is 126 Å². The molecule has 0 heterocycles. The van der Waals surface area contributed by atoms with Crippen LogP contribution < -0.4 is 0 Å². The average Bonchev–Trinajstić information content (AvgIpc) is 2.86. The SMILES string of the molecule is CCCCC1CC(=O)C(C)=C2c3ccc(O)c(C)c3CC21. The van der Waals surface area contributed by atoms with Gasteiger partial charge in [-0.1, -0.05) is 25.8 Å². The fourth-order valence-corrected chi connectivity index (χ4v) is 4.12. The predicted octanol–water partition coefficient (Wildman–Crippen LogP) is 4.43. The molecule has 2 atom stereocenters. The van der Waals surface area contributed by atoms with Crippen LogP contribution in [0.15, 0.2) is 17.7 Å². The number of Topliss-reactive ketones (excluding diaryl/α,β-unsaturated/α-hetero) is 1. The third-order valence-corrected chi connectivity index (χ3v) is 5.42. The lowest BCUT2D eigenvalue weighted by molar-refractivity contribution is -0.117. The Hall–Kier alpha value is -1.57. The first kappa shape index (κ1) is 14.4. The fraction of sp³-hybridized carbons (Fsp3) is 0.526. The number of benzene rings is 1. The second-order valence-electron chi connectivity index (χ2n) is 6.61. The third-order valence-electron chi connectivity index (χ3n) is 5.42. The molecule has 0 fully saturated rings. The Balaban J connectivity index is 2.07. The van der Waals surface area contributed by atoms with Crippen LogP contribution in [0.4, 0.5) is 0 Å². The molecule has 2 heteroatoms. The molecule has 0 spiro atoms. The van der Waals surface area contributed by atoms with E-state index in [0.717, 1.165) is 24.0 Å². The van der Waals surface area contributed by atoms with E-state index in [4.69, 9.17) is 0 Å². The largest absolute Gasteiger partial charge is 0.508 e. The van der Waals surface area contributed by atoms with Gasteiger partial charge in [0.15, 0.2) is 5.78 Å². The molecule has 112 valence electrons. The maximum atomic E-state index is 12.4. The van der Waals surface area contributed by atoms with Gasteiger partial charge in [0.2, 0.25) is 0 Å². The van der Waals surface area contributed by atoms with Crippen LogP contribution in [0.2, 0.25) is 0 Å². The van der Waals surface area contributed by atoms with Gasteiger partial charge in [-0.2, -0.15) is 0 Å². The maximum absolute atomic E-state index is 12.4. The summed E-state index contributed by atoms with van der Waals surface area (Å²) in [6.07, 6.45) is 5.22. The number of unbranched alkanes of at least 4 members (excludes halogenated alkanes) is 1. The molecule has 2 aliphatic carbocycles. The monoisotopic (exact) mass is 284 g/mol. The van der Waals surface area contributed by atoms with Crippen LogP contribution in [0.5, 0.6) is 5.75 Å². The summed E-state index contributed by atoms with van der Waals surface area (Å²) in [5.74, 6) is 1.65. The minimum Gasteiger partial charge on any atom is -0.508 e. The number of hydrogen-bond donors (Lipinski definition) is 1. The Morgan fingerprint density at radius 1 is 1.24 bits per heavy atom. The van der Waals surface area contributed by atoms with E-state index in [1.807, 2.05) is 19.9 Å². The summed E-state index contributed by atoms with van der Waals surface area (Å²) < 4.78 is 0. The molecule has 3 rings (SSSR count). The molecule has 0 amide bonds. The van der Waals surface area contributed by atoms with E-state index in [-0.39, 0.29) is 0 Å². The standard InChI is InChI=1S/C19H24O2/c1-4-5-6-13-9-18(21)12(3)19-14-7-8-17(20)11(2)15(14)10-16(13)19/h7-8,13,16,20H,4-6,9-10H2,1-3H3. The van der Waals surface area contributed by atoms with E-state index >= 15 is 0 Å². The van der Waals surface area contributed by atoms with E-state index < -0.39 is 0 Å². The van der Waals surface area contributed by atoms with Crippen molar-refractivity contribution in [3.63, 3.8) is 0 Å². The van der Waals surface area contributed by atoms with Crippen molar-refractivity contribution in [2.24, 2.45) is 11.8 Å². The summed E-state index contributed by atoms with van der Waals surface area (Å²) in [5, 5.41) is 9.96. The number of phenols is 1. The minimum atomic E-state index is 0.320. The summed E-state index contributed by atoms with van der Waals surface area (Å²) in [6, 6.07) is 3.78. The van der Waals surface area contributed by atoms with E-state index in [1.54, 1.807) is 6.07 Å². The molecule has 0 aliphatic heterocycles. The molecular weight excluding hydrogens is 260 g/mol. The van der Waals surface area contributed by atoms with Gasteiger partial charge in [0.25, 0.3) is 0 Å². The normalized spacial score (nSPS) is 24.2. The molecule has 2 aliphatic rings. The van der Waals surface area contributed by atoms with Crippen LogP contribution in [0.3, 0.4) is 0 Å². The van der Waals surface area contributed by atoms with E-state index in [1.165, 1.54) is 29.5 Å². The first-order valence-electron chi connectivity index (χ1n) is 8.10. The number of ketones is 1. The quantitative estimate of drug-likeness (QED) is 0.891. The van der Waals surface area contributed by atoms with Gasteiger partial charge >= 0.3 is 0 Å². The first-order valence-corrected chi connectivity index (χ1v) is 8.10. The Morgan fingerprint density at radius 2 is 2.00 bits per heavy atom. The smallest absolute Gasteiger partial charge is 0.159 e. The van der Waals surface area contributed by atoms with Crippen LogP contribution >= 0.6 is 0 Å². The highest BCUT2D eigenvalue weighted by Gasteiger charge is 2.40. The molecule has 0 aromatic heterocycles. The zero-order valence-corrected chi connectivity index (χ0v) is 13.2. The Morgan fingerprint density at radius 3 is 2.71 bits per heavy atom. The predicted molar refractivity (Wildman–Crippen MR) is 85.3 cm³/mol. The topological polar surface area (TPSA) is 37.3 Å². The molecule has 21 heavy (non-hydrogen) atoms. The first-order chi connectivity index (χ1) is 10.0. The number of allylic oxidation sites excluding steroid dienone is 2. The van der Waals surface area contributed by atoms with Gasteiger partial charge < -0.3 is 5.11 Å². The fourth-order valence-electron chi connectivity index (χ4n) is 4.12. The third kappa shape index (κ3) is 2.21. The molecule has 1 aromatic rings. The van der Waals surface area contributed by atoms with Gasteiger partial charge in [-0.05, 0) is 72.4 Å². The summed E-state index contributed by atoms with van der Waals surface area (Å²) in [5.41, 5.74) is 5.68.